The lowest BCUT2D eigenvalue weighted by molar-refractivity contribution is -0.713. The van der Waals surface area contributed by atoms with Gasteiger partial charge in [0.15, 0.2) is 11.5 Å². The van der Waals surface area contributed by atoms with Crippen LogP contribution in [0.25, 0.3) is 0 Å². The van der Waals surface area contributed by atoms with Gasteiger partial charge in [0.25, 0.3) is 5.69 Å². The maximum atomic E-state index is 11.0. The van der Waals surface area contributed by atoms with Gasteiger partial charge in [-0.05, 0) is 38.2 Å². The van der Waals surface area contributed by atoms with Crippen molar-refractivity contribution in [2.45, 2.75) is 60.8 Å². The van der Waals surface area contributed by atoms with Crippen molar-refractivity contribution >= 4 is 11.4 Å². The van der Waals surface area contributed by atoms with E-state index in [4.69, 9.17) is 9.47 Å². The normalized spacial score (nSPS) is 21.2. The number of nitrogens with zero attached hydrogens (tertiary/aromatic N) is 1. The fourth-order valence-electron chi connectivity index (χ4n) is 4.27. The summed E-state index contributed by atoms with van der Waals surface area (Å²) >= 11 is 0. The van der Waals surface area contributed by atoms with E-state index in [1.165, 1.54) is 4.74 Å². The summed E-state index contributed by atoms with van der Waals surface area (Å²) in [5.41, 5.74) is 3.02. The van der Waals surface area contributed by atoms with Gasteiger partial charge in [-0.25, -0.2) is 0 Å². The quantitative estimate of drug-likeness (QED) is 0.616. The van der Waals surface area contributed by atoms with Crippen LogP contribution in [0, 0.1) is 16.7 Å². The molecule has 0 saturated heterocycles. The van der Waals surface area contributed by atoms with E-state index >= 15 is 0 Å². The van der Waals surface area contributed by atoms with Gasteiger partial charge in [-0.15, -0.1) is 0 Å². The lowest BCUT2D eigenvalue weighted by Gasteiger charge is -2.41. The molecule has 2 heterocycles. The van der Waals surface area contributed by atoms with Crippen molar-refractivity contribution in [3.05, 3.63) is 17.7 Å². The zero-order valence-electron chi connectivity index (χ0n) is 15.9. The molecule has 0 fully saturated rings. The third kappa shape index (κ3) is 2.30. The van der Waals surface area contributed by atoms with Crippen molar-refractivity contribution in [2.75, 3.05) is 6.79 Å². The van der Waals surface area contributed by atoms with Crippen molar-refractivity contribution in [3.8, 4) is 11.5 Å². The van der Waals surface area contributed by atoms with E-state index in [2.05, 4.69) is 48.5 Å². The highest BCUT2D eigenvalue weighted by molar-refractivity contribution is 5.95. The molecule has 1 aromatic carbocycles. The number of ether oxygens (including phenoxy) is 2. The SMILES string of the molecule is CCC(C)(C)C(C)C(C)(C)C1=[N+](O)c2cc3c(cc2C1C)OCO3. The summed E-state index contributed by atoms with van der Waals surface area (Å²) in [5.74, 6) is 2.04. The second-order valence-corrected chi connectivity index (χ2v) is 8.47. The van der Waals surface area contributed by atoms with Crippen LogP contribution in [0.1, 0.15) is 66.4 Å². The van der Waals surface area contributed by atoms with Gasteiger partial charge in [-0.2, -0.15) is 0 Å². The van der Waals surface area contributed by atoms with Crippen LogP contribution in [0.2, 0.25) is 0 Å². The molecule has 0 aromatic heterocycles. The maximum Gasteiger partial charge on any atom is 0.265 e. The number of hydrogen-bond acceptors (Lipinski definition) is 3. The predicted molar refractivity (Wildman–Crippen MR) is 94.7 cm³/mol. The molecule has 0 saturated carbocycles. The largest absolute Gasteiger partial charge is 0.454 e. The predicted octanol–water partition coefficient (Wildman–Crippen LogP) is 5.11. The standard InChI is InChI=1S/C20H30NO3/c1-8-19(4,5)13(3)20(6,7)18-12(2)14-9-16-17(24-11-23-16)10-15(14)21(18)22/h9-10,12-13,22H,8,11H2,1-7H3/q+1. The topological polar surface area (TPSA) is 41.7 Å². The number of fused-ring (bicyclic) bond motifs is 2. The first-order valence-electron chi connectivity index (χ1n) is 8.91. The first-order chi connectivity index (χ1) is 11.1. The third-order valence-corrected chi connectivity index (χ3v) is 6.68. The van der Waals surface area contributed by atoms with E-state index < -0.39 is 0 Å². The fourth-order valence-corrected chi connectivity index (χ4v) is 4.27. The van der Waals surface area contributed by atoms with Crippen molar-refractivity contribution < 1.29 is 19.4 Å². The van der Waals surface area contributed by atoms with Crippen LogP contribution < -0.4 is 9.47 Å². The molecular weight excluding hydrogens is 302 g/mol. The minimum atomic E-state index is -0.140. The molecule has 4 nitrogen and oxygen atoms in total. The minimum Gasteiger partial charge on any atom is -0.454 e. The average Bonchev–Trinajstić information content (AvgIpc) is 3.08. The van der Waals surface area contributed by atoms with Crippen LogP contribution in [0.4, 0.5) is 5.69 Å². The highest BCUT2D eigenvalue weighted by Crippen LogP contribution is 2.51. The first kappa shape index (κ1) is 17.1. The van der Waals surface area contributed by atoms with Crippen molar-refractivity contribution in [1.29, 1.82) is 0 Å². The highest BCUT2D eigenvalue weighted by atomic mass is 16.7. The molecule has 2 unspecified atom stereocenters. The summed E-state index contributed by atoms with van der Waals surface area (Å²) < 4.78 is 12.4. The number of rotatable bonds is 4. The van der Waals surface area contributed by atoms with E-state index in [1.807, 2.05) is 12.1 Å². The Morgan fingerprint density at radius 1 is 1.21 bits per heavy atom. The second kappa shape index (κ2) is 5.40. The zero-order chi connectivity index (χ0) is 17.9. The average molecular weight is 332 g/mol. The van der Waals surface area contributed by atoms with Gasteiger partial charge < -0.3 is 9.47 Å². The molecule has 4 heteroatoms. The molecule has 0 aliphatic carbocycles. The molecule has 0 bridgehead atoms. The summed E-state index contributed by atoms with van der Waals surface area (Å²) in [4.78, 5) is 0. The Balaban J connectivity index is 2.07. The van der Waals surface area contributed by atoms with Gasteiger partial charge in [0.05, 0.1) is 17.4 Å². The Morgan fingerprint density at radius 3 is 2.38 bits per heavy atom. The van der Waals surface area contributed by atoms with Gasteiger partial charge in [-0.3, -0.25) is 5.21 Å². The molecule has 24 heavy (non-hydrogen) atoms. The van der Waals surface area contributed by atoms with Crippen LogP contribution in [-0.4, -0.2) is 22.5 Å². The molecule has 2 aliphatic rings. The Bertz CT molecular complexity index is 703. The first-order valence-corrected chi connectivity index (χ1v) is 8.91. The van der Waals surface area contributed by atoms with Gasteiger partial charge in [0, 0.05) is 10.3 Å². The van der Waals surface area contributed by atoms with Gasteiger partial charge >= 0.3 is 0 Å². The van der Waals surface area contributed by atoms with E-state index in [-0.39, 0.29) is 23.5 Å². The van der Waals surface area contributed by atoms with Crippen LogP contribution >= 0.6 is 0 Å². The summed E-state index contributed by atoms with van der Waals surface area (Å²) in [6.07, 6.45) is 1.10. The van der Waals surface area contributed by atoms with Crippen LogP contribution in [-0.2, 0) is 0 Å². The van der Waals surface area contributed by atoms with Crippen molar-refractivity contribution in [2.24, 2.45) is 16.7 Å². The summed E-state index contributed by atoms with van der Waals surface area (Å²) in [6.45, 7) is 16.1. The van der Waals surface area contributed by atoms with Crippen LogP contribution in [0.5, 0.6) is 11.5 Å². The Kier molecular flexibility index (Phi) is 3.85. The molecule has 2 aliphatic heterocycles. The Morgan fingerprint density at radius 2 is 1.79 bits per heavy atom. The molecule has 2 atom stereocenters. The highest BCUT2D eigenvalue weighted by Gasteiger charge is 2.52. The lowest BCUT2D eigenvalue weighted by atomic mass is 9.61. The van der Waals surface area contributed by atoms with E-state index in [0.29, 0.717) is 11.7 Å². The molecule has 3 rings (SSSR count). The number of benzene rings is 1. The molecule has 1 N–H and O–H groups in total. The molecule has 1 aromatic rings. The van der Waals surface area contributed by atoms with E-state index in [0.717, 1.165) is 29.1 Å². The van der Waals surface area contributed by atoms with Gasteiger partial charge in [0.1, 0.15) is 0 Å². The van der Waals surface area contributed by atoms with Crippen LogP contribution in [0.3, 0.4) is 0 Å². The smallest absolute Gasteiger partial charge is 0.265 e. The van der Waals surface area contributed by atoms with E-state index in [1.54, 1.807) is 0 Å². The van der Waals surface area contributed by atoms with E-state index in [9.17, 15) is 5.21 Å². The molecule has 0 spiro atoms. The minimum absolute atomic E-state index is 0.140. The van der Waals surface area contributed by atoms with Crippen LogP contribution in [0.15, 0.2) is 12.1 Å². The third-order valence-electron chi connectivity index (χ3n) is 6.68. The summed E-state index contributed by atoms with van der Waals surface area (Å²) in [7, 11) is 0. The lowest BCUT2D eigenvalue weighted by Crippen LogP contribution is -2.43. The summed E-state index contributed by atoms with van der Waals surface area (Å²) in [6, 6.07) is 3.91. The molecule has 132 valence electrons. The zero-order valence-corrected chi connectivity index (χ0v) is 15.9. The molecular formula is C20H30NO3+. The van der Waals surface area contributed by atoms with Gasteiger partial charge in [0.2, 0.25) is 12.5 Å². The maximum absolute atomic E-state index is 11.0. The van der Waals surface area contributed by atoms with Crippen molar-refractivity contribution in [1.82, 2.24) is 0 Å². The summed E-state index contributed by atoms with van der Waals surface area (Å²) in [5, 5.41) is 11.0. The molecule has 0 amide bonds. The monoisotopic (exact) mass is 332 g/mol. The fraction of sp³-hybridized carbons (Fsp3) is 0.650. The van der Waals surface area contributed by atoms with Crippen molar-refractivity contribution in [3.63, 3.8) is 0 Å². The molecule has 0 radical (unpaired) electrons. The Labute approximate surface area is 145 Å². The Hall–Kier alpha value is -1.71. The number of hydrogen-bond donors (Lipinski definition) is 1. The van der Waals surface area contributed by atoms with Gasteiger partial charge in [-0.1, -0.05) is 34.1 Å². The second-order valence-electron chi connectivity index (χ2n) is 8.47.